The molecule has 110 valence electrons. The molecule has 0 bridgehead atoms. The summed E-state index contributed by atoms with van der Waals surface area (Å²) in [5.41, 5.74) is 6.16. The van der Waals surface area contributed by atoms with Gasteiger partial charge in [-0.15, -0.1) is 0 Å². The first-order valence-electron chi connectivity index (χ1n) is 6.72. The molecular formula is C13H19N3O4. The Morgan fingerprint density at radius 3 is 2.75 bits per heavy atom. The molecule has 1 aliphatic rings. The summed E-state index contributed by atoms with van der Waals surface area (Å²) >= 11 is 0. The second-order valence-electron chi connectivity index (χ2n) is 5.33. The van der Waals surface area contributed by atoms with Gasteiger partial charge in [-0.25, -0.2) is 0 Å². The Bertz CT molecular complexity index is 511. The van der Waals surface area contributed by atoms with Gasteiger partial charge in [0.25, 0.3) is 0 Å². The fourth-order valence-electron chi connectivity index (χ4n) is 2.69. The third-order valence-corrected chi connectivity index (χ3v) is 3.56. The maximum Gasteiger partial charge on any atom is 0.433 e. The van der Waals surface area contributed by atoms with Crippen LogP contribution < -0.4 is 5.73 Å². The van der Waals surface area contributed by atoms with Gasteiger partial charge in [0, 0.05) is 18.5 Å². The number of hydrogen-bond donors (Lipinski definition) is 1. The molecule has 1 amide bonds. The highest BCUT2D eigenvalue weighted by molar-refractivity contribution is 5.77. The first-order valence-corrected chi connectivity index (χ1v) is 6.72. The number of carbonyl (C=O) groups is 1. The van der Waals surface area contributed by atoms with E-state index in [2.05, 4.69) is 0 Å². The van der Waals surface area contributed by atoms with E-state index >= 15 is 0 Å². The number of likely N-dealkylation sites (tertiary alicyclic amines) is 1. The molecule has 2 atom stereocenters. The summed E-state index contributed by atoms with van der Waals surface area (Å²) < 4.78 is 5.27. The first kappa shape index (κ1) is 14.5. The van der Waals surface area contributed by atoms with Gasteiger partial charge in [0.2, 0.25) is 5.91 Å². The highest BCUT2D eigenvalue weighted by Crippen LogP contribution is 2.34. The molecule has 1 fully saturated rings. The smallest absolute Gasteiger partial charge is 0.404 e. The third kappa shape index (κ3) is 2.67. The van der Waals surface area contributed by atoms with E-state index in [1.54, 1.807) is 4.90 Å². The standard InChI is InChI=1S/C13H19N3O4/c1-8(2)15-11(17)5-3-4-9(14)13(15)10-6-7-12(20-10)16(18)19/h6-9,13H,3-5,14H2,1-2H3. The van der Waals surface area contributed by atoms with Crippen molar-refractivity contribution in [2.45, 2.75) is 51.2 Å². The van der Waals surface area contributed by atoms with Crippen LogP contribution in [0.4, 0.5) is 5.88 Å². The SMILES string of the molecule is CC(C)N1C(=O)CCCC(N)C1c1ccc([N+](=O)[O-])o1. The minimum atomic E-state index is -0.590. The summed E-state index contributed by atoms with van der Waals surface area (Å²) in [6, 6.07) is 2.07. The average Bonchev–Trinajstić information content (AvgIpc) is 2.78. The van der Waals surface area contributed by atoms with Gasteiger partial charge < -0.3 is 15.1 Å². The molecule has 0 spiro atoms. The van der Waals surface area contributed by atoms with Crippen molar-refractivity contribution in [2.24, 2.45) is 5.73 Å². The van der Waals surface area contributed by atoms with Gasteiger partial charge in [0.05, 0.1) is 6.07 Å². The zero-order valence-corrected chi connectivity index (χ0v) is 11.6. The van der Waals surface area contributed by atoms with Crippen molar-refractivity contribution in [3.8, 4) is 0 Å². The molecule has 0 aromatic carbocycles. The number of rotatable bonds is 3. The van der Waals surface area contributed by atoms with Crippen molar-refractivity contribution < 1.29 is 14.1 Å². The Balaban J connectivity index is 2.40. The van der Waals surface area contributed by atoms with Crippen LogP contribution in [0.2, 0.25) is 0 Å². The molecule has 1 aromatic rings. The summed E-state index contributed by atoms with van der Waals surface area (Å²) in [7, 11) is 0. The summed E-state index contributed by atoms with van der Waals surface area (Å²) in [5, 5.41) is 10.7. The Hall–Kier alpha value is -1.89. The van der Waals surface area contributed by atoms with E-state index in [0.717, 1.165) is 6.42 Å². The molecule has 7 nitrogen and oxygen atoms in total. The number of nitrogens with two attached hydrogens (primary N) is 1. The number of nitrogens with zero attached hydrogens (tertiary/aromatic N) is 2. The maximum absolute atomic E-state index is 12.2. The number of carbonyl (C=O) groups excluding carboxylic acids is 1. The number of furan rings is 1. The van der Waals surface area contributed by atoms with Crippen LogP contribution in [-0.4, -0.2) is 27.8 Å². The predicted octanol–water partition coefficient (Wildman–Crippen LogP) is 1.98. The van der Waals surface area contributed by atoms with Gasteiger partial charge in [-0.2, -0.15) is 0 Å². The zero-order valence-electron chi connectivity index (χ0n) is 11.6. The molecule has 20 heavy (non-hydrogen) atoms. The van der Waals surface area contributed by atoms with Gasteiger partial charge >= 0.3 is 5.88 Å². The van der Waals surface area contributed by atoms with Crippen LogP contribution in [0.25, 0.3) is 0 Å². The Morgan fingerprint density at radius 2 is 2.20 bits per heavy atom. The number of hydrogen-bond acceptors (Lipinski definition) is 5. The van der Waals surface area contributed by atoms with Crippen LogP contribution in [0.1, 0.15) is 44.9 Å². The van der Waals surface area contributed by atoms with Gasteiger partial charge in [-0.1, -0.05) is 0 Å². The number of amides is 1. The monoisotopic (exact) mass is 281 g/mol. The first-order chi connectivity index (χ1) is 9.41. The predicted molar refractivity (Wildman–Crippen MR) is 71.9 cm³/mol. The van der Waals surface area contributed by atoms with Crippen LogP contribution in [0.3, 0.4) is 0 Å². The Kier molecular flexibility index (Phi) is 4.08. The van der Waals surface area contributed by atoms with Crippen LogP contribution in [0, 0.1) is 10.1 Å². The second-order valence-corrected chi connectivity index (χ2v) is 5.33. The van der Waals surface area contributed by atoms with Crippen molar-refractivity contribution in [3.05, 3.63) is 28.0 Å². The number of nitro groups is 1. The lowest BCUT2D eigenvalue weighted by Gasteiger charge is -2.35. The van der Waals surface area contributed by atoms with Crippen LogP contribution in [0.5, 0.6) is 0 Å². The fourth-order valence-corrected chi connectivity index (χ4v) is 2.69. The topological polar surface area (TPSA) is 103 Å². The van der Waals surface area contributed by atoms with Crippen molar-refractivity contribution in [1.82, 2.24) is 4.90 Å². The van der Waals surface area contributed by atoms with Gasteiger partial charge in [0.1, 0.15) is 16.7 Å². The van der Waals surface area contributed by atoms with Crippen molar-refractivity contribution >= 4 is 11.8 Å². The maximum atomic E-state index is 12.2. The van der Waals surface area contributed by atoms with E-state index < -0.39 is 11.0 Å². The van der Waals surface area contributed by atoms with Crippen LogP contribution in [-0.2, 0) is 4.79 Å². The van der Waals surface area contributed by atoms with Crippen LogP contribution >= 0.6 is 0 Å². The quantitative estimate of drug-likeness (QED) is 0.674. The molecule has 0 aliphatic carbocycles. The Morgan fingerprint density at radius 1 is 1.50 bits per heavy atom. The molecule has 1 saturated heterocycles. The van der Waals surface area contributed by atoms with E-state index in [-0.39, 0.29) is 23.9 Å². The largest absolute Gasteiger partial charge is 0.433 e. The second kappa shape index (κ2) is 5.62. The summed E-state index contributed by atoms with van der Waals surface area (Å²) in [4.78, 5) is 24.0. The minimum Gasteiger partial charge on any atom is -0.404 e. The summed E-state index contributed by atoms with van der Waals surface area (Å²) in [6.45, 7) is 3.81. The van der Waals surface area contributed by atoms with Gasteiger partial charge in [-0.3, -0.25) is 14.9 Å². The van der Waals surface area contributed by atoms with E-state index in [1.807, 2.05) is 13.8 Å². The highest BCUT2D eigenvalue weighted by Gasteiger charge is 2.37. The average molecular weight is 281 g/mol. The van der Waals surface area contributed by atoms with E-state index in [0.29, 0.717) is 18.6 Å². The molecule has 1 aliphatic heterocycles. The lowest BCUT2D eigenvalue weighted by molar-refractivity contribution is -0.402. The summed E-state index contributed by atoms with van der Waals surface area (Å²) in [5.74, 6) is 0.0674. The molecule has 0 radical (unpaired) electrons. The van der Waals surface area contributed by atoms with E-state index in [1.165, 1.54) is 12.1 Å². The molecule has 2 rings (SSSR count). The van der Waals surface area contributed by atoms with Crippen molar-refractivity contribution in [2.75, 3.05) is 0 Å². The Labute approximate surface area is 116 Å². The normalized spacial score (nSPS) is 24.0. The third-order valence-electron chi connectivity index (χ3n) is 3.56. The lowest BCUT2D eigenvalue weighted by atomic mass is 10.0. The van der Waals surface area contributed by atoms with Gasteiger partial charge in [-0.05, 0) is 32.8 Å². The van der Waals surface area contributed by atoms with Crippen molar-refractivity contribution in [3.63, 3.8) is 0 Å². The van der Waals surface area contributed by atoms with Gasteiger partial charge in [0.15, 0.2) is 0 Å². The highest BCUT2D eigenvalue weighted by atomic mass is 16.6. The molecule has 0 saturated carbocycles. The zero-order chi connectivity index (χ0) is 14.9. The molecule has 2 N–H and O–H groups in total. The fraction of sp³-hybridized carbons (Fsp3) is 0.615. The minimum absolute atomic E-state index is 0.0111. The van der Waals surface area contributed by atoms with E-state index in [9.17, 15) is 14.9 Å². The van der Waals surface area contributed by atoms with Crippen LogP contribution in [0.15, 0.2) is 16.5 Å². The molecular weight excluding hydrogens is 262 g/mol. The van der Waals surface area contributed by atoms with E-state index in [4.69, 9.17) is 10.2 Å². The molecule has 2 heterocycles. The molecule has 1 aromatic heterocycles. The van der Waals surface area contributed by atoms with Crippen molar-refractivity contribution in [1.29, 1.82) is 0 Å². The summed E-state index contributed by atoms with van der Waals surface area (Å²) in [6.07, 6.45) is 1.86. The molecule has 2 unspecified atom stereocenters. The lowest BCUT2D eigenvalue weighted by Crippen LogP contribution is -2.45. The molecule has 7 heteroatoms.